The summed E-state index contributed by atoms with van der Waals surface area (Å²) in [6, 6.07) is 0. The van der Waals surface area contributed by atoms with Gasteiger partial charge in [0.25, 0.3) is 0 Å². The lowest BCUT2D eigenvalue weighted by Crippen LogP contribution is -2.07. The summed E-state index contributed by atoms with van der Waals surface area (Å²) < 4.78 is 0.413. The van der Waals surface area contributed by atoms with Gasteiger partial charge in [0, 0.05) is 6.20 Å². The van der Waals surface area contributed by atoms with Gasteiger partial charge in [-0.1, -0.05) is 0 Å². The predicted molar refractivity (Wildman–Crippen MR) is 42.9 cm³/mol. The zero-order valence-corrected chi connectivity index (χ0v) is 6.30. The Morgan fingerprint density at radius 2 is 2.45 bits per heavy atom. The number of aromatic amines is 1. The minimum Gasteiger partial charge on any atom is -0.323 e. The van der Waals surface area contributed by atoms with Gasteiger partial charge in [0.15, 0.2) is 10.4 Å². The average Bonchev–Trinajstić information content (AvgIpc) is 2.27. The van der Waals surface area contributed by atoms with Crippen molar-refractivity contribution in [3.63, 3.8) is 0 Å². The lowest BCUT2D eigenvalue weighted by molar-refractivity contribution is 0.840. The molecule has 0 bridgehead atoms. The van der Waals surface area contributed by atoms with Crippen molar-refractivity contribution in [3.8, 4) is 0 Å². The predicted octanol–water partition coefficient (Wildman–Crippen LogP) is 0.203. The molecule has 3 N–H and O–H groups in total. The van der Waals surface area contributed by atoms with Gasteiger partial charge in [-0.2, -0.15) is 4.79 Å². The van der Waals surface area contributed by atoms with E-state index in [2.05, 4.69) is 15.1 Å². The molecule has 2 aromatic heterocycles. The number of nitrogen functional groups attached to an aromatic ring is 1. The Kier molecular flexibility index (Phi) is 1.16. The number of nitrogens with one attached hydrogen (secondary N) is 1. The highest BCUT2D eigenvalue weighted by Crippen LogP contribution is 2.04. The van der Waals surface area contributed by atoms with Crippen LogP contribution in [0.2, 0.25) is 0 Å². The Morgan fingerprint density at radius 3 is 3.27 bits per heavy atom. The molecular weight excluding hydrogens is 162 g/mol. The maximum Gasteiger partial charge on any atom is 0.198 e. The standard InChI is InChI=1S/C5H5N5S/c6-10-2-3-1-7-5(11)8-4(3)9-10/h1-2H,6H2,(H,8,9,11). The average molecular weight is 167 g/mol. The quantitative estimate of drug-likeness (QED) is 0.434. The second-order valence-electron chi connectivity index (χ2n) is 2.10. The summed E-state index contributed by atoms with van der Waals surface area (Å²) in [6.07, 6.45) is 3.29. The first-order valence-electron chi connectivity index (χ1n) is 2.95. The number of nitrogens with zero attached hydrogens (tertiary/aromatic N) is 3. The van der Waals surface area contributed by atoms with Crippen LogP contribution in [0.4, 0.5) is 0 Å². The Balaban J connectivity index is 2.92. The first kappa shape index (κ1) is 6.29. The van der Waals surface area contributed by atoms with Crippen LogP contribution in [-0.4, -0.2) is 19.9 Å². The number of nitrogens with two attached hydrogens (primary N) is 1. The van der Waals surface area contributed by atoms with E-state index in [-0.39, 0.29) is 0 Å². The van der Waals surface area contributed by atoms with Crippen molar-refractivity contribution in [2.24, 2.45) is 0 Å². The summed E-state index contributed by atoms with van der Waals surface area (Å²) in [5.74, 6) is 5.36. The van der Waals surface area contributed by atoms with Crippen LogP contribution in [0, 0.1) is 4.77 Å². The number of aromatic nitrogens is 4. The van der Waals surface area contributed by atoms with Gasteiger partial charge in [-0.25, -0.2) is 4.98 Å². The molecule has 0 aromatic carbocycles. The topological polar surface area (TPSA) is 72.5 Å². The Morgan fingerprint density at radius 1 is 1.64 bits per heavy atom. The van der Waals surface area contributed by atoms with Gasteiger partial charge in [-0.05, 0) is 12.2 Å². The fourth-order valence-electron chi connectivity index (χ4n) is 0.859. The number of H-pyrrole nitrogens is 1. The molecule has 0 fully saturated rings. The molecule has 2 aromatic rings. The highest BCUT2D eigenvalue weighted by atomic mass is 32.1. The first-order chi connectivity index (χ1) is 5.25. The van der Waals surface area contributed by atoms with Crippen molar-refractivity contribution >= 4 is 23.3 Å². The van der Waals surface area contributed by atoms with Gasteiger partial charge >= 0.3 is 0 Å². The number of hydrogen-bond donors (Lipinski definition) is 2. The monoisotopic (exact) mass is 167 g/mol. The summed E-state index contributed by atoms with van der Waals surface area (Å²) >= 11 is 4.79. The molecule has 56 valence electrons. The molecule has 0 unspecified atom stereocenters. The molecule has 0 aliphatic heterocycles. The molecule has 6 heteroatoms. The lowest BCUT2D eigenvalue weighted by Gasteiger charge is -1.83. The summed E-state index contributed by atoms with van der Waals surface area (Å²) in [5, 5.41) is 4.75. The second kappa shape index (κ2) is 2.03. The van der Waals surface area contributed by atoms with Gasteiger partial charge in [0.2, 0.25) is 0 Å². The lowest BCUT2D eigenvalue weighted by atomic mass is 10.5. The van der Waals surface area contributed by atoms with Crippen LogP contribution in [0.1, 0.15) is 0 Å². The number of rotatable bonds is 0. The van der Waals surface area contributed by atoms with Crippen LogP contribution in [0.25, 0.3) is 11.0 Å². The van der Waals surface area contributed by atoms with E-state index in [1.165, 1.54) is 4.79 Å². The molecule has 0 atom stereocenters. The third-order valence-electron chi connectivity index (χ3n) is 1.31. The van der Waals surface area contributed by atoms with Crippen molar-refractivity contribution in [1.82, 2.24) is 19.9 Å². The van der Waals surface area contributed by atoms with Crippen molar-refractivity contribution in [2.45, 2.75) is 0 Å². The third-order valence-corrected chi connectivity index (χ3v) is 1.51. The highest BCUT2D eigenvalue weighted by Gasteiger charge is 1.96. The Hall–Kier alpha value is -1.43. The second-order valence-corrected chi connectivity index (χ2v) is 2.49. The fourth-order valence-corrected chi connectivity index (χ4v) is 1.01. The van der Waals surface area contributed by atoms with E-state index in [1.807, 2.05) is 0 Å². The van der Waals surface area contributed by atoms with Gasteiger partial charge in [0.1, 0.15) is 0 Å². The van der Waals surface area contributed by atoms with E-state index < -0.39 is 0 Å². The molecule has 0 aliphatic rings. The molecule has 0 saturated carbocycles. The molecular formula is C5H5N5S. The zero-order valence-electron chi connectivity index (χ0n) is 5.48. The zero-order chi connectivity index (χ0) is 7.84. The van der Waals surface area contributed by atoms with E-state index in [0.29, 0.717) is 10.4 Å². The van der Waals surface area contributed by atoms with Gasteiger partial charge in [-0.15, -0.1) is 5.10 Å². The molecule has 0 amide bonds. The van der Waals surface area contributed by atoms with Crippen LogP contribution in [0.15, 0.2) is 12.4 Å². The minimum atomic E-state index is 0.413. The summed E-state index contributed by atoms with van der Waals surface area (Å²) in [7, 11) is 0. The molecule has 0 radical (unpaired) electrons. The van der Waals surface area contributed by atoms with Crippen molar-refractivity contribution in [1.29, 1.82) is 0 Å². The van der Waals surface area contributed by atoms with Gasteiger partial charge in [-0.3, -0.25) is 0 Å². The summed E-state index contributed by atoms with van der Waals surface area (Å²) in [6.45, 7) is 0. The molecule has 2 rings (SSSR count). The first-order valence-corrected chi connectivity index (χ1v) is 3.36. The Labute approximate surface area is 66.8 Å². The molecule has 5 nitrogen and oxygen atoms in total. The van der Waals surface area contributed by atoms with Crippen LogP contribution in [-0.2, 0) is 0 Å². The molecule has 0 spiro atoms. The maximum atomic E-state index is 5.36. The van der Waals surface area contributed by atoms with E-state index in [4.69, 9.17) is 18.1 Å². The smallest absolute Gasteiger partial charge is 0.198 e. The normalized spacial score (nSPS) is 10.5. The largest absolute Gasteiger partial charge is 0.323 e. The summed E-state index contributed by atoms with van der Waals surface area (Å²) in [4.78, 5) is 7.89. The summed E-state index contributed by atoms with van der Waals surface area (Å²) in [5.41, 5.74) is 0.660. The van der Waals surface area contributed by atoms with Crippen LogP contribution >= 0.6 is 12.2 Å². The number of hydrogen-bond acceptors (Lipinski definition) is 4. The van der Waals surface area contributed by atoms with Gasteiger partial charge < -0.3 is 10.8 Å². The Bertz CT molecular complexity index is 441. The molecule has 2 heterocycles. The van der Waals surface area contributed by atoms with Crippen molar-refractivity contribution < 1.29 is 0 Å². The molecule has 0 saturated heterocycles. The van der Waals surface area contributed by atoms with Crippen molar-refractivity contribution in [2.75, 3.05) is 5.84 Å². The van der Waals surface area contributed by atoms with E-state index >= 15 is 0 Å². The van der Waals surface area contributed by atoms with Crippen LogP contribution < -0.4 is 5.84 Å². The maximum absolute atomic E-state index is 5.36. The van der Waals surface area contributed by atoms with Crippen molar-refractivity contribution in [3.05, 3.63) is 17.2 Å². The minimum absolute atomic E-state index is 0.413. The third kappa shape index (κ3) is 0.966. The van der Waals surface area contributed by atoms with Crippen LogP contribution in [0.3, 0.4) is 0 Å². The van der Waals surface area contributed by atoms with Crippen LogP contribution in [0.5, 0.6) is 0 Å². The van der Waals surface area contributed by atoms with E-state index in [0.717, 1.165) is 5.39 Å². The molecule has 11 heavy (non-hydrogen) atoms. The highest BCUT2D eigenvalue weighted by molar-refractivity contribution is 7.71. The van der Waals surface area contributed by atoms with E-state index in [1.54, 1.807) is 12.4 Å². The SMILES string of the molecule is Nn1cc2cnc(=S)[nH]c2n1. The number of fused-ring (bicyclic) bond motifs is 1. The molecule has 0 aliphatic carbocycles. The van der Waals surface area contributed by atoms with E-state index in [9.17, 15) is 0 Å². The fraction of sp³-hybridized carbons (Fsp3) is 0. The van der Waals surface area contributed by atoms with Gasteiger partial charge in [0.05, 0.1) is 11.6 Å².